The molecule has 3 N–H and O–H groups in total. The van der Waals surface area contributed by atoms with Gasteiger partial charge in [-0.3, -0.25) is 0 Å². The molecular formula is C14H12N4S. The van der Waals surface area contributed by atoms with Gasteiger partial charge in [-0.1, -0.05) is 6.07 Å². The van der Waals surface area contributed by atoms with Crippen LogP contribution in [0.25, 0.3) is 11.1 Å². The molecule has 3 aromatic rings. The lowest BCUT2D eigenvalue weighted by Crippen LogP contribution is -1.97. The van der Waals surface area contributed by atoms with E-state index in [9.17, 15) is 0 Å². The van der Waals surface area contributed by atoms with E-state index in [0.29, 0.717) is 11.6 Å². The van der Waals surface area contributed by atoms with Crippen molar-refractivity contribution in [2.75, 3.05) is 11.1 Å². The summed E-state index contributed by atoms with van der Waals surface area (Å²) in [5.74, 6) is 0.560. The van der Waals surface area contributed by atoms with E-state index in [0.717, 1.165) is 16.8 Å². The molecule has 0 unspecified atom stereocenters. The van der Waals surface area contributed by atoms with Crippen molar-refractivity contribution in [1.82, 2.24) is 9.97 Å². The molecule has 0 fully saturated rings. The van der Waals surface area contributed by atoms with Gasteiger partial charge in [-0.05, 0) is 40.6 Å². The molecular weight excluding hydrogens is 256 g/mol. The quantitative estimate of drug-likeness (QED) is 0.713. The molecule has 0 saturated heterocycles. The first kappa shape index (κ1) is 11.7. The van der Waals surface area contributed by atoms with Crippen molar-refractivity contribution in [2.45, 2.75) is 0 Å². The lowest BCUT2D eigenvalue weighted by Gasteiger charge is -2.05. The van der Waals surface area contributed by atoms with E-state index in [2.05, 4.69) is 20.7 Å². The number of nitrogens with two attached hydrogens (primary N) is 1. The van der Waals surface area contributed by atoms with Crippen LogP contribution >= 0.6 is 11.3 Å². The van der Waals surface area contributed by atoms with E-state index in [1.165, 1.54) is 0 Å². The summed E-state index contributed by atoms with van der Waals surface area (Å²) in [4.78, 5) is 8.60. The van der Waals surface area contributed by atoms with Crippen molar-refractivity contribution in [3.8, 4) is 11.1 Å². The van der Waals surface area contributed by atoms with Crippen LogP contribution in [-0.2, 0) is 0 Å². The molecule has 94 valence electrons. The topological polar surface area (TPSA) is 63.8 Å². The molecule has 1 aromatic carbocycles. The molecule has 0 aliphatic heterocycles. The zero-order chi connectivity index (χ0) is 13.1. The average molecular weight is 268 g/mol. The zero-order valence-electron chi connectivity index (χ0n) is 10.1. The van der Waals surface area contributed by atoms with Gasteiger partial charge in [-0.2, -0.15) is 11.3 Å². The summed E-state index contributed by atoms with van der Waals surface area (Å²) in [6.45, 7) is 0. The standard InChI is InChI=1S/C14H12N4S/c15-12-2-1-3-13(6-12)18-14-16-7-11(8-17-14)10-4-5-19-9-10/h1-9H,15H2,(H,16,17,18). The van der Waals surface area contributed by atoms with Crippen LogP contribution in [0.4, 0.5) is 17.3 Å². The summed E-state index contributed by atoms with van der Waals surface area (Å²) in [6, 6.07) is 9.54. The molecule has 0 aliphatic carbocycles. The van der Waals surface area contributed by atoms with Gasteiger partial charge in [0.2, 0.25) is 5.95 Å². The number of anilines is 3. The first-order valence-electron chi connectivity index (χ1n) is 5.78. The van der Waals surface area contributed by atoms with Crippen LogP contribution in [-0.4, -0.2) is 9.97 Å². The maximum absolute atomic E-state index is 5.72. The fraction of sp³-hybridized carbons (Fsp3) is 0. The van der Waals surface area contributed by atoms with Crippen LogP contribution in [0, 0.1) is 0 Å². The van der Waals surface area contributed by atoms with Crippen molar-refractivity contribution in [1.29, 1.82) is 0 Å². The average Bonchev–Trinajstić information content (AvgIpc) is 2.94. The predicted octanol–water partition coefficient (Wildman–Crippen LogP) is 3.53. The number of nitrogen functional groups attached to an aromatic ring is 1. The zero-order valence-corrected chi connectivity index (χ0v) is 10.9. The highest BCUT2D eigenvalue weighted by molar-refractivity contribution is 7.08. The van der Waals surface area contributed by atoms with Crippen molar-refractivity contribution in [3.05, 3.63) is 53.5 Å². The number of hydrogen-bond donors (Lipinski definition) is 2. The maximum Gasteiger partial charge on any atom is 0.227 e. The summed E-state index contributed by atoms with van der Waals surface area (Å²) < 4.78 is 0. The first-order chi connectivity index (χ1) is 9.31. The van der Waals surface area contributed by atoms with Gasteiger partial charge in [0.15, 0.2) is 0 Å². The third-order valence-electron chi connectivity index (χ3n) is 2.65. The minimum atomic E-state index is 0.560. The SMILES string of the molecule is Nc1cccc(Nc2ncc(-c3ccsc3)cn2)c1. The van der Waals surface area contributed by atoms with E-state index in [1.807, 2.05) is 48.1 Å². The van der Waals surface area contributed by atoms with Crippen LogP contribution in [0.5, 0.6) is 0 Å². The number of hydrogen-bond acceptors (Lipinski definition) is 5. The highest BCUT2D eigenvalue weighted by atomic mass is 32.1. The summed E-state index contributed by atoms with van der Waals surface area (Å²) in [6.07, 6.45) is 3.62. The van der Waals surface area contributed by atoms with Gasteiger partial charge in [0.1, 0.15) is 0 Å². The van der Waals surface area contributed by atoms with Gasteiger partial charge in [0, 0.05) is 29.3 Å². The maximum atomic E-state index is 5.72. The number of nitrogens with one attached hydrogen (secondary N) is 1. The summed E-state index contributed by atoms with van der Waals surface area (Å²) >= 11 is 1.66. The second-order valence-electron chi connectivity index (χ2n) is 4.06. The molecule has 0 aliphatic rings. The molecule has 2 heterocycles. The molecule has 0 radical (unpaired) electrons. The Morgan fingerprint density at radius 1 is 1.05 bits per heavy atom. The molecule has 0 saturated carbocycles. The van der Waals surface area contributed by atoms with Crippen molar-refractivity contribution in [2.24, 2.45) is 0 Å². The largest absolute Gasteiger partial charge is 0.399 e. The number of benzene rings is 1. The molecule has 0 atom stereocenters. The molecule has 0 amide bonds. The van der Waals surface area contributed by atoms with Gasteiger partial charge in [0.25, 0.3) is 0 Å². The van der Waals surface area contributed by atoms with Gasteiger partial charge < -0.3 is 11.1 Å². The fourth-order valence-electron chi connectivity index (χ4n) is 1.72. The van der Waals surface area contributed by atoms with Gasteiger partial charge in [-0.25, -0.2) is 9.97 Å². The van der Waals surface area contributed by atoms with Crippen LogP contribution in [0.1, 0.15) is 0 Å². The van der Waals surface area contributed by atoms with Crippen LogP contribution < -0.4 is 11.1 Å². The molecule has 0 bridgehead atoms. The van der Waals surface area contributed by atoms with E-state index in [1.54, 1.807) is 11.3 Å². The van der Waals surface area contributed by atoms with Crippen molar-refractivity contribution >= 4 is 28.7 Å². The Morgan fingerprint density at radius 3 is 2.58 bits per heavy atom. The monoisotopic (exact) mass is 268 g/mol. The van der Waals surface area contributed by atoms with Crippen LogP contribution in [0.2, 0.25) is 0 Å². The third-order valence-corrected chi connectivity index (χ3v) is 3.33. The number of nitrogens with zero attached hydrogens (tertiary/aromatic N) is 2. The number of rotatable bonds is 3. The second kappa shape index (κ2) is 5.07. The van der Waals surface area contributed by atoms with E-state index < -0.39 is 0 Å². The van der Waals surface area contributed by atoms with Crippen LogP contribution in [0.15, 0.2) is 53.5 Å². The number of thiophene rings is 1. The van der Waals surface area contributed by atoms with Crippen molar-refractivity contribution in [3.63, 3.8) is 0 Å². The number of aromatic nitrogens is 2. The molecule has 0 spiro atoms. The Hall–Kier alpha value is -2.40. The Morgan fingerprint density at radius 2 is 1.89 bits per heavy atom. The van der Waals surface area contributed by atoms with E-state index in [-0.39, 0.29) is 0 Å². The summed E-state index contributed by atoms with van der Waals surface area (Å²) in [7, 11) is 0. The second-order valence-corrected chi connectivity index (χ2v) is 4.84. The van der Waals surface area contributed by atoms with Gasteiger partial charge in [-0.15, -0.1) is 0 Å². The van der Waals surface area contributed by atoms with E-state index in [4.69, 9.17) is 5.73 Å². The summed E-state index contributed by atoms with van der Waals surface area (Å²) in [5.41, 5.74) is 9.46. The normalized spacial score (nSPS) is 10.3. The minimum Gasteiger partial charge on any atom is -0.399 e. The molecule has 19 heavy (non-hydrogen) atoms. The lowest BCUT2D eigenvalue weighted by molar-refractivity contribution is 1.17. The molecule has 3 rings (SSSR count). The lowest BCUT2D eigenvalue weighted by atomic mass is 10.2. The Balaban J connectivity index is 1.80. The van der Waals surface area contributed by atoms with Gasteiger partial charge >= 0.3 is 0 Å². The highest BCUT2D eigenvalue weighted by Crippen LogP contribution is 2.22. The predicted molar refractivity (Wildman–Crippen MR) is 79.5 cm³/mol. The summed E-state index contributed by atoms with van der Waals surface area (Å²) in [5, 5.41) is 7.23. The molecule has 4 nitrogen and oxygen atoms in total. The fourth-order valence-corrected chi connectivity index (χ4v) is 2.38. The highest BCUT2D eigenvalue weighted by Gasteiger charge is 2.01. The molecule has 2 aromatic heterocycles. The minimum absolute atomic E-state index is 0.560. The smallest absolute Gasteiger partial charge is 0.227 e. The Labute approximate surface area is 115 Å². The first-order valence-corrected chi connectivity index (χ1v) is 6.73. The Kier molecular flexibility index (Phi) is 3.12. The van der Waals surface area contributed by atoms with Gasteiger partial charge in [0.05, 0.1) is 0 Å². The third kappa shape index (κ3) is 2.71. The van der Waals surface area contributed by atoms with Crippen LogP contribution in [0.3, 0.4) is 0 Å². The van der Waals surface area contributed by atoms with E-state index >= 15 is 0 Å². The Bertz CT molecular complexity index is 662. The van der Waals surface area contributed by atoms with Crippen molar-refractivity contribution < 1.29 is 0 Å². The molecule has 5 heteroatoms.